The lowest BCUT2D eigenvalue weighted by Gasteiger charge is -2.41. The van der Waals surface area contributed by atoms with Gasteiger partial charge in [0.15, 0.2) is 0 Å². The molecule has 4 nitrogen and oxygen atoms in total. The molecule has 2 N–H and O–H groups in total. The number of carbonyl (C=O) groups is 1. The van der Waals surface area contributed by atoms with Crippen LogP contribution >= 0.6 is 0 Å². The normalized spacial score (nSPS) is 18.2. The molecule has 2 aromatic rings. The van der Waals surface area contributed by atoms with Gasteiger partial charge in [-0.1, -0.05) is 92.0 Å². The van der Waals surface area contributed by atoms with E-state index in [1.807, 2.05) is 27.7 Å². The summed E-state index contributed by atoms with van der Waals surface area (Å²) in [6.45, 7) is 15.5. The summed E-state index contributed by atoms with van der Waals surface area (Å²) in [6, 6.07) is 11.6. The Balaban J connectivity index is 0.00000134. The molecule has 4 rings (SSSR count). The smallest absolute Gasteiger partial charge is 0.222 e. The van der Waals surface area contributed by atoms with Crippen LogP contribution in [0.3, 0.4) is 0 Å². The Bertz CT molecular complexity index is 1040. The molecule has 1 heterocycles. The predicted molar refractivity (Wildman–Crippen MR) is 161 cm³/mol. The van der Waals surface area contributed by atoms with Crippen molar-refractivity contribution < 1.29 is 18.7 Å². The van der Waals surface area contributed by atoms with E-state index in [1.54, 1.807) is 4.90 Å². The van der Waals surface area contributed by atoms with Gasteiger partial charge < -0.3 is 15.3 Å². The second kappa shape index (κ2) is 15.6. The van der Waals surface area contributed by atoms with Crippen LogP contribution in [0.15, 0.2) is 42.5 Å². The number of halogens is 2. The van der Waals surface area contributed by atoms with E-state index in [4.69, 9.17) is 0 Å². The number of hydrogen-bond acceptors (Lipinski definition) is 3. The van der Waals surface area contributed by atoms with E-state index in [9.17, 15) is 18.7 Å². The highest BCUT2D eigenvalue weighted by Gasteiger charge is 2.37. The van der Waals surface area contributed by atoms with E-state index in [1.165, 1.54) is 29.7 Å². The van der Waals surface area contributed by atoms with Crippen LogP contribution in [0.25, 0.3) is 0 Å². The molecule has 0 unspecified atom stereocenters. The third kappa shape index (κ3) is 8.84. The van der Waals surface area contributed by atoms with E-state index in [2.05, 4.69) is 50.4 Å². The number of likely N-dealkylation sites (tertiary alicyclic amines) is 1. The first-order chi connectivity index (χ1) is 19.1. The van der Waals surface area contributed by atoms with Gasteiger partial charge in [0.25, 0.3) is 0 Å². The van der Waals surface area contributed by atoms with Crippen molar-refractivity contribution in [2.75, 3.05) is 13.1 Å². The summed E-state index contributed by atoms with van der Waals surface area (Å²) in [5, 5.41) is 15.1. The first-order valence-corrected chi connectivity index (χ1v) is 15.4. The zero-order valence-corrected chi connectivity index (χ0v) is 25.8. The fourth-order valence-electron chi connectivity index (χ4n) is 5.89. The maximum Gasteiger partial charge on any atom is 0.222 e. The molecule has 0 aromatic heterocycles. The average molecular weight is 559 g/mol. The Kier molecular flexibility index (Phi) is 13.2. The highest BCUT2D eigenvalue weighted by Crippen LogP contribution is 2.39. The van der Waals surface area contributed by atoms with Gasteiger partial charge in [-0.05, 0) is 59.9 Å². The molecule has 0 radical (unpaired) electrons. The molecule has 1 aliphatic heterocycles. The molecule has 2 aliphatic rings. The van der Waals surface area contributed by atoms with Crippen LogP contribution in [0.2, 0.25) is 0 Å². The first-order valence-electron chi connectivity index (χ1n) is 15.4. The molecule has 2 aromatic carbocycles. The molecule has 2 fully saturated rings. The van der Waals surface area contributed by atoms with Gasteiger partial charge in [-0.25, -0.2) is 8.78 Å². The molecule has 1 aliphatic carbocycles. The molecule has 0 spiro atoms. The van der Waals surface area contributed by atoms with E-state index < -0.39 is 23.8 Å². The molecule has 2 atom stereocenters. The van der Waals surface area contributed by atoms with Crippen molar-refractivity contribution >= 4 is 5.91 Å². The van der Waals surface area contributed by atoms with Crippen molar-refractivity contribution in [2.45, 2.75) is 123 Å². The van der Waals surface area contributed by atoms with Crippen molar-refractivity contribution in [3.63, 3.8) is 0 Å². The van der Waals surface area contributed by atoms with E-state index in [0.717, 1.165) is 38.2 Å². The monoisotopic (exact) mass is 558 g/mol. The van der Waals surface area contributed by atoms with Gasteiger partial charge in [-0.2, -0.15) is 0 Å². The van der Waals surface area contributed by atoms with Gasteiger partial charge >= 0.3 is 0 Å². The van der Waals surface area contributed by atoms with Crippen LogP contribution in [-0.2, 0) is 22.2 Å². The van der Waals surface area contributed by atoms with Crippen molar-refractivity contribution in [3.8, 4) is 0 Å². The largest absolute Gasteiger partial charge is 0.390 e. The van der Waals surface area contributed by atoms with Gasteiger partial charge in [0, 0.05) is 31.1 Å². The highest BCUT2D eigenvalue weighted by molar-refractivity contribution is 5.78. The molecular weight excluding hydrogens is 506 g/mol. The Hall–Kier alpha value is -2.31. The summed E-state index contributed by atoms with van der Waals surface area (Å²) >= 11 is 0. The van der Waals surface area contributed by atoms with Crippen molar-refractivity contribution in [3.05, 3.63) is 70.8 Å². The number of rotatable bonds is 8. The second-order valence-electron chi connectivity index (χ2n) is 11.7. The maximum absolute atomic E-state index is 13.9. The highest BCUT2D eigenvalue weighted by atomic mass is 19.1. The molecule has 1 saturated heterocycles. The van der Waals surface area contributed by atoms with Crippen LogP contribution in [0, 0.1) is 11.6 Å². The zero-order chi connectivity index (χ0) is 29.9. The Morgan fingerprint density at radius 2 is 1.57 bits per heavy atom. The number of carbonyl (C=O) groups excluding carboxylic acids is 1. The summed E-state index contributed by atoms with van der Waals surface area (Å²) < 4.78 is 27.8. The molecule has 0 bridgehead atoms. The quantitative estimate of drug-likeness (QED) is 0.350. The van der Waals surface area contributed by atoms with E-state index in [-0.39, 0.29) is 23.3 Å². The standard InChI is InChI=1S/C30H40F2N2O2.2C2H6/c1-29(2,3)22-9-7-10-23(18-22)30(12-5-4-6-13-30)33-20-27(35)26(34-14-8-11-28(34)36)17-21-15-24(31)19-25(32)16-21;2*1-2/h7,9-10,15-16,18-19,26-27,33,35H,4-6,8,11-14,17,20H2,1-3H3;2*1-2H3/t26-,27+;;/m0../s1. The Morgan fingerprint density at radius 1 is 0.950 bits per heavy atom. The van der Waals surface area contributed by atoms with Crippen LogP contribution < -0.4 is 5.32 Å². The van der Waals surface area contributed by atoms with Crippen LogP contribution in [0.4, 0.5) is 8.78 Å². The molecule has 1 amide bonds. The topological polar surface area (TPSA) is 52.6 Å². The van der Waals surface area contributed by atoms with Gasteiger partial charge in [0.2, 0.25) is 5.91 Å². The number of nitrogens with zero attached hydrogens (tertiary/aromatic N) is 1. The number of hydrogen-bond donors (Lipinski definition) is 2. The maximum atomic E-state index is 13.9. The summed E-state index contributed by atoms with van der Waals surface area (Å²) in [5.74, 6) is -1.31. The van der Waals surface area contributed by atoms with Crippen LogP contribution in [0.5, 0.6) is 0 Å². The molecule has 1 saturated carbocycles. The summed E-state index contributed by atoms with van der Waals surface area (Å²) in [6.07, 6.45) is 5.89. The van der Waals surface area contributed by atoms with Gasteiger partial charge in [0.05, 0.1) is 12.1 Å². The Morgan fingerprint density at radius 3 is 2.12 bits per heavy atom. The number of amides is 1. The van der Waals surface area contributed by atoms with Crippen LogP contribution in [-0.4, -0.2) is 41.1 Å². The molecule has 224 valence electrons. The van der Waals surface area contributed by atoms with Crippen LogP contribution in [0.1, 0.15) is 110 Å². The molecular formula is C34H52F2N2O2. The minimum atomic E-state index is -0.872. The van der Waals surface area contributed by atoms with E-state index in [0.29, 0.717) is 25.1 Å². The first kappa shape index (κ1) is 33.9. The lowest BCUT2D eigenvalue weighted by molar-refractivity contribution is -0.132. The lowest BCUT2D eigenvalue weighted by atomic mass is 9.74. The van der Waals surface area contributed by atoms with Gasteiger partial charge in [0.1, 0.15) is 11.6 Å². The average Bonchev–Trinajstić information content (AvgIpc) is 3.37. The fourth-order valence-corrected chi connectivity index (χ4v) is 5.89. The summed E-state index contributed by atoms with van der Waals surface area (Å²) in [7, 11) is 0. The van der Waals surface area contributed by atoms with Gasteiger partial charge in [-0.15, -0.1) is 0 Å². The van der Waals surface area contributed by atoms with Crippen molar-refractivity contribution in [1.82, 2.24) is 10.2 Å². The number of aliphatic hydroxyl groups excluding tert-OH is 1. The van der Waals surface area contributed by atoms with Crippen molar-refractivity contribution in [2.24, 2.45) is 0 Å². The SMILES string of the molecule is CC.CC.CC(C)(C)c1cccc(C2(NC[C@@H](O)[C@H](Cc3cc(F)cc(F)c3)N3CCCC3=O)CCCCC2)c1. The number of benzene rings is 2. The minimum absolute atomic E-state index is 0.0128. The zero-order valence-electron chi connectivity index (χ0n) is 25.8. The predicted octanol–water partition coefficient (Wildman–Crippen LogP) is 7.66. The number of nitrogens with one attached hydrogen (secondary N) is 1. The molecule has 40 heavy (non-hydrogen) atoms. The number of aliphatic hydroxyl groups is 1. The summed E-state index contributed by atoms with van der Waals surface area (Å²) in [4.78, 5) is 14.3. The lowest BCUT2D eigenvalue weighted by Crippen LogP contribution is -2.53. The summed E-state index contributed by atoms with van der Waals surface area (Å²) in [5.41, 5.74) is 2.75. The molecule has 6 heteroatoms. The Labute approximate surface area is 241 Å². The third-order valence-electron chi connectivity index (χ3n) is 7.96. The van der Waals surface area contributed by atoms with Gasteiger partial charge in [-0.3, -0.25) is 4.79 Å². The third-order valence-corrected chi connectivity index (χ3v) is 7.96. The second-order valence-corrected chi connectivity index (χ2v) is 11.7. The fraction of sp³-hybridized carbons (Fsp3) is 0.618. The minimum Gasteiger partial charge on any atom is -0.390 e. The van der Waals surface area contributed by atoms with E-state index >= 15 is 0 Å². The van der Waals surface area contributed by atoms with Crippen molar-refractivity contribution in [1.29, 1.82) is 0 Å².